The Morgan fingerprint density at radius 3 is 2.11 bits per heavy atom. The Hall–Kier alpha value is -4.99. The molecule has 0 unspecified atom stereocenters. The number of aromatic nitrogens is 2. The number of nitro groups is 1. The van der Waals surface area contributed by atoms with Crippen LogP contribution in [0.1, 0.15) is 11.1 Å². The van der Waals surface area contributed by atoms with Crippen LogP contribution < -0.4 is 15.1 Å². The molecule has 0 bridgehead atoms. The van der Waals surface area contributed by atoms with E-state index in [4.69, 9.17) is 0 Å². The van der Waals surface area contributed by atoms with E-state index < -0.39 is 11.0 Å². The highest BCUT2D eigenvalue weighted by molar-refractivity contribution is 5.86. The second-order valence-corrected chi connectivity index (χ2v) is 8.00. The number of benzene rings is 3. The van der Waals surface area contributed by atoms with Crippen LogP contribution in [0.5, 0.6) is 0 Å². The maximum atomic E-state index is 12.3. The molecule has 1 amide bonds. The zero-order valence-corrected chi connectivity index (χ0v) is 19.5. The molecule has 2 N–H and O–H groups in total. The van der Waals surface area contributed by atoms with Gasteiger partial charge in [0.25, 0.3) is 0 Å². The van der Waals surface area contributed by atoms with E-state index in [1.807, 2.05) is 65.6 Å². The van der Waals surface area contributed by atoms with Crippen molar-refractivity contribution in [1.82, 2.24) is 9.97 Å². The molecule has 0 fully saturated rings. The highest BCUT2D eigenvalue weighted by Gasteiger charge is 2.28. The summed E-state index contributed by atoms with van der Waals surface area (Å²) < 4.78 is 0. The van der Waals surface area contributed by atoms with Gasteiger partial charge in [-0.1, -0.05) is 66.7 Å². The first-order chi connectivity index (χ1) is 17.4. The second-order valence-electron chi connectivity index (χ2n) is 8.00. The third-order valence-electron chi connectivity index (χ3n) is 5.50. The minimum Gasteiger partial charge on any atom is -0.465 e. The lowest BCUT2D eigenvalue weighted by Gasteiger charge is -2.24. The van der Waals surface area contributed by atoms with Crippen LogP contribution in [-0.2, 0) is 13.1 Å². The topological polar surface area (TPSA) is 125 Å². The Morgan fingerprint density at radius 2 is 1.56 bits per heavy atom. The van der Waals surface area contributed by atoms with Gasteiger partial charge in [-0.2, -0.15) is 0 Å². The number of hydrogen-bond donors (Lipinski definition) is 2. The fourth-order valence-electron chi connectivity index (χ4n) is 3.71. The SMILES string of the molecule is CN(C(=O)O)c1cccc(Nc2ncnc(N(Cc3ccccc3)Cc3ccccc3)c2[N+](=O)[O-])c1. The Balaban J connectivity index is 1.73. The van der Waals surface area contributed by atoms with E-state index in [1.165, 1.54) is 13.4 Å². The number of nitrogens with zero attached hydrogens (tertiary/aromatic N) is 5. The van der Waals surface area contributed by atoms with Gasteiger partial charge in [-0.15, -0.1) is 0 Å². The lowest BCUT2D eigenvalue weighted by molar-refractivity contribution is -0.383. The molecule has 1 heterocycles. The normalized spacial score (nSPS) is 10.5. The van der Waals surface area contributed by atoms with Crippen molar-refractivity contribution in [2.24, 2.45) is 0 Å². The summed E-state index contributed by atoms with van der Waals surface area (Å²) in [6.45, 7) is 0.790. The van der Waals surface area contributed by atoms with Crippen molar-refractivity contribution in [3.8, 4) is 0 Å². The van der Waals surface area contributed by atoms with Crippen molar-refractivity contribution in [2.45, 2.75) is 13.1 Å². The van der Waals surface area contributed by atoms with Gasteiger partial charge in [-0.3, -0.25) is 15.0 Å². The first kappa shape index (κ1) is 24.1. The fourth-order valence-corrected chi connectivity index (χ4v) is 3.71. The van der Waals surface area contributed by atoms with E-state index in [2.05, 4.69) is 15.3 Å². The molecule has 0 spiro atoms. The molecule has 10 heteroatoms. The average Bonchev–Trinajstić information content (AvgIpc) is 2.89. The molecule has 4 rings (SSSR count). The van der Waals surface area contributed by atoms with Crippen LogP contribution in [0.3, 0.4) is 0 Å². The van der Waals surface area contributed by atoms with Crippen molar-refractivity contribution < 1.29 is 14.8 Å². The van der Waals surface area contributed by atoms with Crippen molar-refractivity contribution >= 4 is 34.8 Å². The number of anilines is 4. The predicted molar refractivity (Wildman–Crippen MR) is 138 cm³/mol. The van der Waals surface area contributed by atoms with Gasteiger partial charge in [0.15, 0.2) is 0 Å². The van der Waals surface area contributed by atoms with Gasteiger partial charge in [-0.05, 0) is 29.3 Å². The maximum Gasteiger partial charge on any atom is 0.411 e. The van der Waals surface area contributed by atoms with Gasteiger partial charge in [-0.25, -0.2) is 14.8 Å². The smallest absolute Gasteiger partial charge is 0.411 e. The Kier molecular flexibility index (Phi) is 7.35. The number of carbonyl (C=O) groups is 1. The minimum atomic E-state index is -1.13. The number of hydrogen-bond acceptors (Lipinski definition) is 7. The zero-order chi connectivity index (χ0) is 25.5. The summed E-state index contributed by atoms with van der Waals surface area (Å²) in [7, 11) is 1.41. The van der Waals surface area contributed by atoms with E-state index in [1.54, 1.807) is 24.3 Å². The lowest BCUT2D eigenvalue weighted by atomic mass is 10.1. The predicted octanol–water partition coefficient (Wildman–Crippen LogP) is 5.45. The molecule has 4 aromatic rings. The number of amides is 1. The Morgan fingerprint density at radius 1 is 0.944 bits per heavy atom. The molecule has 0 aliphatic carbocycles. The monoisotopic (exact) mass is 484 g/mol. The van der Waals surface area contributed by atoms with Gasteiger partial charge in [0, 0.05) is 31.5 Å². The maximum absolute atomic E-state index is 12.3. The van der Waals surface area contributed by atoms with Gasteiger partial charge in [0.2, 0.25) is 11.6 Å². The quantitative estimate of drug-likeness (QED) is 0.237. The van der Waals surface area contributed by atoms with Crippen LogP contribution in [0.2, 0.25) is 0 Å². The third-order valence-corrected chi connectivity index (χ3v) is 5.50. The van der Waals surface area contributed by atoms with Crippen molar-refractivity contribution in [2.75, 3.05) is 22.2 Å². The van der Waals surface area contributed by atoms with Crippen molar-refractivity contribution in [3.05, 3.63) is 112 Å². The van der Waals surface area contributed by atoms with E-state index >= 15 is 0 Å². The second kappa shape index (κ2) is 11.0. The summed E-state index contributed by atoms with van der Waals surface area (Å²) >= 11 is 0. The highest BCUT2D eigenvalue weighted by Crippen LogP contribution is 2.35. The van der Waals surface area contributed by atoms with Crippen molar-refractivity contribution in [3.63, 3.8) is 0 Å². The zero-order valence-electron chi connectivity index (χ0n) is 19.5. The van der Waals surface area contributed by atoms with E-state index in [9.17, 15) is 20.0 Å². The minimum absolute atomic E-state index is 0.00579. The molecular weight excluding hydrogens is 460 g/mol. The summed E-state index contributed by atoms with van der Waals surface area (Å²) in [6, 6.07) is 25.8. The summed E-state index contributed by atoms with van der Waals surface area (Å²) in [5.74, 6) is 0.176. The third kappa shape index (κ3) is 5.73. The summed E-state index contributed by atoms with van der Waals surface area (Å²) in [4.78, 5) is 34.4. The van der Waals surface area contributed by atoms with Gasteiger partial charge >= 0.3 is 11.8 Å². The lowest BCUT2D eigenvalue weighted by Crippen LogP contribution is -2.25. The van der Waals surface area contributed by atoms with Crippen LogP contribution in [0.4, 0.5) is 33.5 Å². The Labute approximate surface area is 207 Å². The summed E-state index contributed by atoms with van der Waals surface area (Å²) in [5, 5.41) is 24.5. The molecule has 0 aliphatic heterocycles. The largest absolute Gasteiger partial charge is 0.465 e. The first-order valence-electron chi connectivity index (χ1n) is 11.1. The molecule has 3 aromatic carbocycles. The van der Waals surface area contributed by atoms with Crippen LogP contribution in [0.25, 0.3) is 0 Å². The molecule has 36 heavy (non-hydrogen) atoms. The molecule has 0 saturated heterocycles. The number of rotatable bonds is 9. The van der Waals surface area contributed by atoms with E-state index in [0.717, 1.165) is 16.0 Å². The van der Waals surface area contributed by atoms with Gasteiger partial charge in [0.1, 0.15) is 6.33 Å². The van der Waals surface area contributed by atoms with Crippen LogP contribution in [0.15, 0.2) is 91.3 Å². The van der Waals surface area contributed by atoms with Gasteiger partial charge < -0.3 is 15.3 Å². The van der Waals surface area contributed by atoms with Crippen LogP contribution in [-0.4, -0.2) is 33.1 Å². The van der Waals surface area contributed by atoms with Gasteiger partial charge in [0.05, 0.1) is 4.92 Å². The van der Waals surface area contributed by atoms with E-state index in [0.29, 0.717) is 24.5 Å². The van der Waals surface area contributed by atoms with Crippen LogP contribution in [0, 0.1) is 10.1 Å². The van der Waals surface area contributed by atoms with Crippen molar-refractivity contribution in [1.29, 1.82) is 0 Å². The number of carboxylic acid groups (broad SMARTS) is 1. The summed E-state index contributed by atoms with van der Waals surface area (Å²) in [5.41, 5.74) is 2.52. The molecule has 10 nitrogen and oxygen atoms in total. The molecular formula is C26H24N6O4. The molecule has 1 aromatic heterocycles. The molecule has 182 valence electrons. The molecule has 0 radical (unpaired) electrons. The Bertz CT molecular complexity index is 1310. The fraction of sp³-hybridized carbons (Fsp3) is 0.115. The van der Waals surface area contributed by atoms with Crippen LogP contribution >= 0.6 is 0 Å². The summed E-state index contributed by atoms with van der Waals surface area (Å²) in [6.07, 6.45) is 0.154. The van der Waals surface area contributed by atoms with E-state index in [-0.39, 0.29) is 17.3 Å². The highest BCUT2D eigenvalue weighted by atomic mass is 16.6. The molecule has 0 saturated carbocycles. The molecule has 0 atom stereocenters. The first-order valence-corrected chi connectivity index (χ1v) is 11.1. The standard InChI is InChI=1S/C26H24N6O4/c1-30(26(33)34)22-14-8-13-21(15-22)29-24-23(32(35)36)25(28-18-27-24)31(16-19-9-4-2-5-10-19)17-20-11-6-3-7-12-20/h2-15,18H,16-17H2,1H3,(H,33,34)(H,27,28,29). The molecule has 0 aliphatic rings. The average molecular weight is 485 g/mol. The number of nitrogens with one attached hydrogen (secondary N) is 1.